The van der Waals surface area contributed by atoms with Crippen LogP contribution in [0.15, 0.2) is 91.0 Å². The third-order valence-corrected chi connectivity index (χ3v) is 5.37. The summed E-state index contributed by atoms with van der Waals surface area (Å²) >= 11 is 0. The second kappa shape index (κ2) is 10.6. The minimum absolute atomic E-state index is 0.217. The molecule has 3 aromatic carbocycles. The normalized spacial score (nSPS) is 11.3. The molecular weight excluding hydrogens is 360 g/mol. The Bertz CT molecular complexity index is 764. The van der Waals surface area contributed by atoms with E-state index in [1.54, 1.807) is 0 Å². The lowest BCUT2D eigenvalue weighted by Crippen LogP contribution is -2.29. The van der Waals surface area contributed by atoms with Crippen LogP contribution in [0.25, 0.3) is 0 Å². The van der Waals surface area contributed by atoms with Crippen molar-refractivity contribution in [3.8, 4) is 0 Å². The van der Waals surface area contributed by atoms with Gasteiger partial charge in [0.15, 0.2) is 0 Å². The molecule has 0 radical (unpaired) electrons. The average Bonchev–Trinajstić information content (AvgIpc) is 2.77. The fourth-order valence-corrected chi connectivity index (χ4v) is 4.03. The van der Waals surface area contributed by atoms with E-state index in [-0.39, 0.29) is 12.0 Å². The van der Waals surface area contributed by atoms with E-state index in [1.165, 1.54) is 16.7 Å². The number of unbranched alkanes of at least 4 members (excludes halogenated alkanes) is 2. The van der Waals surface area contributed by atoms with Gasteiger partial charge in [0.25, 0.3) is 0 Å². The molecule has 0 amide bonds. The third-order valence-electron chi connectivity index (χ3n) is 5.37. The number of aliphatic carboxylic acids is 1. The smallest absolute Gasteiger partial charge is 0.329 e. The van der Waals surface area contributed by atoms with Gasteiger partial charge < -0.3 is 9.84 Å². The summed E-state index contributed by atoms with van der Waals surface area (Å²) in [5.74, 6) is -0.916. The van der Waals surface area contributed by atoms with E-state index in [4.69, 9.17) is 9.84 Å². The highest BCUT2D eigenvalue weighted by Gasteiger charge is 2.35. The van der Waals surface area contributed by atoms with Gasteiger partial charge in [-0.1, -0.05) is 104 Å². The van der Waals surface area contributed by atoms with Gasteiger partial charge in [0.05, 0.1) is 0 Å². The second-order valence-corrected chi connectivity index (χ2v) is 7.26. The van der Waals surface area contributed by atoms with E-state index in [0.717, 1.165) is 25.7 Å². The zero-order valence-electron chi connectivity index (χ0n) is 16.7. The van der Waals surface area contributed by atoms with E-state index < -0.39 is 5.97 Å². The third kappa shape index (κ3) is 5.33. The fourth-order valence-electron chi connectivity index (χ4n) is 4.03. The number of carboxylic acids is 1. The van der Waals surface area contributed by atoms with Crippen LogP contribution < -0.4 is 0 Å². The molecule has 0 bridgehead atoms. The lowest BCUT2D eigenvalue weighted by atomic mass is 9.66. The summed E-state index contributed by atoms with van der Waals surface area (Å²) in [7, 11) is 0. The zero-order chi connectivity index (χ0) is 20.4. The van der Waals surface area contributed by atoms with Crippen molar-refractivity contribution in [1.82, 2.24) is 0 Å². The van der Waals surface area contributed by atoms with Crippen LogP contribution in [-0.4, -0.2) is 24.3 Å². The van der Waals surface area contributed by atoms with Gasteiger partial charge in [-0.3, -0.25) is 0 Å². The number of ether oxygens (including phenoxy) is 1. The summed E-state index contributed by atoms with van der Waals surface area (Å²) in [4.78, 5) is 10.6. The highest BCUT2D eigenvalue weighted by atomic mass is 16.5. The van der Waals surface area contributed by atoms with Crippen LogP contribution in [-0.2, 0) is 14.9 Å². The molecule has 0 saturated heterocycles. The Kier molecular flexibility index (Phi) is 7.60. The van der Waals surface area contributed by atoms with Crippen LogP contribution >= 0.6 is 0 Å². The highest BCUT2D eigenvalue weighted by molar-refractivity contribution is 5.67. The van der Waals surface area contributed by atoms with Crippen LogP contribution in [0.3, 0.4) is 0 Å². The van der Waals surface area contributed by atoms with Crippen molar-refractivity contribution in [1.29, 1.82) is 0 Å². The van der Waals surface area contributed by atoms with Crippen LogP contribution in [0.5, 0.6) is 0 Å². The van der Waals surface area contributed by atoms with Gasteiger partial charge in [0, 0.05) is 12.0 Å². The zero-order valence-corrected chi connectivity index (χ0v) is 16.7. The van der Waals surface area contributed by atoms with Crippen molar-refractivity contribution in [2.45, 2.75) is 31.1 Å². The van der Waals surface area contributed by atoms with Gasteiger partial charge in [-0.25, -0.2) is 4.79 Å². The molecule has 0 aliphatic heterocycles. The summed E-state index contributed by atoms with van der Waals surface area (Å²) in [6.45, 7) is 0.267. The monoisotopic (exact) mass is 388 g/mol. The maximum Gasteiger partial charge on any atom is 0.329 e. The van der Waals surface area contributed by atoms with E-state index in [0.29, 0.717) is 6.61 Å². The van der Waals surface area contributed by atoms with Crippen molar-refractivity contribution in [2.24, 2.45) is 0 Å². The Morgan fingerprint density at radius 1 is 0.690 bits per heavy atom. The lowest BCUT2D eigenvalue weighted by Gasteiger charge is -2.36. The molecule has 0 aliphatic carbocycles. The van der Waals surface area contributed by atoms with E-state index in [2.05, 4.69) is 91.0 Å². The molecule has 0 aliphatic rings. The molecule has 3 aromatic rings. The summed E-state index contributed by atoms with van der Waals surface area (Å²) in [6, 6.07) is 32.1. The first-order chi connectivity index (χ1) is 14.2. The topological polar surface area (TPSA) is 46.5 Å². The molecule has 0 fully saturated rings. The Morgan fingerprint density at radius 2 is 1.14 bits per heavy atom. The van der Waals surface area contributed by atoms with Gasteiger partial charge in [0.1, 0.15) is 6.61 Å². The van der Waals surface area contributed by atoms with Crippen molar-refractivity contribution < 1.29 is 14.6 Å². The molecule has 150 valence electrons. The standard InChI is InChI=1S/C26H28O3/c27-25(28)21-29-20-12-4-11-19-26(22-13-5-1-6-14-22,23-15-7-2-8-16-23)24-17-9-3-10-18-24/h1-3,5-10,13-18H,4,11-12,19-21H2,(H,27,28). The Labute approximate surface area is 173 Å². The Hall–Kier alpha value is -2.91. The average molecular weight is 389 g/mol. The van der Waals surface area contributed by atoms with Crippen LogP contribution in [0.4, 0.5) is 0 Å². The van der Waals surface area contributed by atoms with Gasteiger partial charge in [-0.05, 0) is 29.5 Å². The predicted octanol–water partition coefficient (Wildman–Crippen LogP) is 5.68. The molecule has 0 saturated carbocycles. The first-order valence-electron chi connectivity index (χ1n) is 10.2. The lowest BCUT2D eigenvalue weighted by molar-refractivity contribution is -0.142. The largest absolute Gasteiger partial charge is 0.480 e. The number of carbonyl (C=O) groups is 1. The first kappa shape index (κ1) is 20.8. The van der Waals surface area contributed by atoms with Gasteiger partial charge in [-0.2, -0.15) is 0 Å². The van der Waals surface area contributed by atoms with Gasteiger partial charge >= 0.3 is 5.97 Å². The molecule has 0 aromatic heterocycles. The fraction of sp³-hybridized carbons (Fsp3) is 0.269. The maximum absolute atomic E-state index is 10.6. The number of hydrogen-bond acceptors (Lipinski definition) is 2. The molecule has 0 heterocycles. The van der Waals surface area contributed by atoms with Gasteiger partial charge in [-0.15, -0.1) is 0 Å². The maximum atomic E-state index is 10.6. The second-order valence-electron chi connectivity index (χ2n) is 7.26. The summed E-state index contributed by atoms with van der Waals surface area (Å²) in [6.07, 6.45) is 3.86. The van der Waals surface area contributed by atoms with Crippen molar-refractivity contribution in [3.05, 3.63) is 108 Å². The Balaban J connectivity index is 1.86. The van der Waals surface area contributed by atoms with E-state index in [9.17, 15) is 4.79 Å². The molecule has 0 spiro atoms. The molecule has 0 unspecified atom stereocenters. The van der Waals surface area contributed by atoms with Gasteiger partial charge in [0.2, 0.25) is 0 Å². The number of rotatable bonds is 11. The van der Waals surface area contributed by atoms with Crippen LogP contribution in [0.2, 0.25) is 0 Å². The van der Waals surface area contributed by atoms with Crippen molar-refractivity contribution >= 4 is 5.97 Å². The van der Waals surface area contributed by atoms with E-state index in [1.807, 2.05) is 0 Å². The SMILES string of the molecule is O=C(O)COCCCCCC(c1ccccc1)(c1ccccc1)c1ccccc1. The van der Waals surface area contributed by atoms with Crippen LogP contribution in [0, 0.1) is 0 Å². The summed E-state index contributed by atoms with van der Waals surface area (Å²) < 4.78 is 5.18. The first-order valence-corrected chi connectivity index (χ1v) is 10.2. The number of carboxylic acid groups (broad SMARTS) is 1. The summed E-state index contributed by atoms with van der Waals surface area (Å²) in [5, 5.41) is 8.68. The molecule has 1 N–H and O–H groups in total. The minimum Gasteiger partial charge on any atom is -0.480 e. The predicted molar refractivity (Wildman–Crippen MR) is 116 cm³/mol. The molecule has 3 heteroatoms. The molecular formula is C26H28O3. The molecule has 3 nitrogen and oxygen atoms in total. The molecule has 0 atom stereocenters. The number of benzene rings is 3. The van der Waals surface area contributed by atoms with E-state index >= 15 is 0 Å². The number of hydrogen-bond donors (Lipinski definition) is 1. The van der Waals surface area contributed by atoms with Crippen LogP contribution in [0.1, 0.15) is 42.4 Å². The quantitative estimate of drug-likeness (QED) is 0.339. The molecule has 29 heavy (non-hydrogen) atoms. The summed E-state index contributed by atoms with van der Waals surface area (Å²) in [5.41, 5.74) is 3.66. The minimum atomic E-state index is -0.916. The van der Waals surface area contributed by atoms with Crippen molar-refractivity contribution in [3.63, 3.8) is 0 Å². The molecule has 3 rings (SSSR count). The Morgan fingerprint density at radius 3 is 1.55 bits per heavy atom. The highest BCUT2D eigenvalue weighted by Crippen LogP contribution is 2.43. The van der Waals surface area contributed by atoms with Crippen molar-refractivity contribution in [2.75, 3.05) is 13.2 Å².